The number of anilines is 2. The monoisotopic (exact) mass is 332 g/mol. The van der Waals surface area contributed by atoms with Gasteiger partial charge in [0.1, 0.15) is 5.75 Å². The lowest BCUT2D eigenvalue weighted by atomic mass is 10.0. The lowest BCUT2D eigenvalue weighted by molar-refractivity contribution is 0.340. The van der Waals surface area contributed by atoms with Crippen molar-refractivity contribution in [3.8, 4) is 5.75 Å². The standard InChI is InChI=1S/C17H20N2O3S/c1-2-22-13-8-10-14(11-9-13)23(20,21)19-12-4-5-15-16(18)6-3-7-17(15)19/h3,6-11H,2,4-5,12,18H2,1H3. The number of nitrogen functional groups attached to an aromatic ring is 1. The highest BCUT2D eigenvalue weighted by molar-refractivity contribution is 7.92. The van der Waals surface area contributed by atoms with Crippen LogP contribution in [0.1, 0.15) is 18.9 Å². The second-order valence-corrected chi connectivity index (χ2v) is 7.29. The van der Waals surface area contributed by atoms with E-state index < -0.39 is 10.0 Å². The molecule has 1 aliphatic rings. The highest BCUT2D eigenvalue weighted by Gasteiger charge is 2.29. The third-order valence-corrected chi connectivity index (χ3v) is 5.79. The van der Waals surface area contributed by atoms with Gasteiger partial charge in [0.05, 0.1) is 17.2 Å². The molecule has 0 unspecified atom stereocenters. The maximum atomic E-state index is 13.0. The van der Waals surface area contributed by atoms with Gasteiger partial charge in [0.2, 0.25) is 0 Å². The molecule has 5 nitrogen and oxygen atoms in total. The van der Waals surface area contributed by atoms with E-state index in [1.165, 1.54) is 4.31 Å². The molecule has 0 atom stereocenters. The first-order chi connectivity index (χ1) is 11.0. The molecule has 23 heavy (non-hydrogen) atoms. The van der Waals surface area contributed by atoms with Gasteiger partial charge in [0.25, 0.3) is 10.0 Å². The fraction of sp³-hybridized carbons (Fsp3) is 0.294. The number of sulfonamides is 1. The lowest BCUT2D eigenvalue weighted by Crippen LogP contribution is -2.35. The van der Waals surface area contributed by atoms with Crippen molar-refractivity contribution in [3.63, 3.8) is 0 Å². The SMILES string of the molecule is CCOc1ccc(S(=O)(=O)N2CCCc3c(N)cccc32)cc1. The van der Waals surface area contributed by atoms with Gasteiger partial charge >= 0.3 is 0 Å². The van der Waals surface area contributed by atoms with Gasteiger partial charge in [0.15, 0.2) is 0 Å². The summed E-state index contributed by atoms with van der Waals surface area (Å²) in [6, 6.07) is 12.0. The molecule has 2 N–H and O–H groups in total. The normalized spacial score (nSPS) is 14.4. The molecule has 0 aromatic heterocycles. The van der Waals surface area contributed by atoms with Gasteiger partial charge in [-0.1, -0.05) is 6.07 Å². The van der Waals surface area contributed by atoms with Crippen LogP contribution in [0, 0.1) is 0 Å². The van der Waals surface area contributed by atoms with E-state index in [-0.39, 0.29) is 4.90 Å². The number of nitrogens with zero attached hydrogens (tertiary/aromatic N) is 1. The first-order valence-corrected chi connectivity index (χ1v) is 9.11. The van der Waals surface area contributed by atoms with E-state index in [0.717, 1.165) is 18.4 Å². The molecule has 6 heteroatoms. The molecule has 0 aliphatic carbocycles. The third kappa shape index (κ3) is 2.86. The average molecular weight is 332 g/mol. The Balaban J connectivity index is 2.00. The molecule has 0 radical (unpaired) electrons. The number of fused-ring (bicyclic) bond motifs is 1. The number of nitrogens with two attached hydrogens (primary N) is 1. The fourth-order valence-corrected chi connectivity index (χ4v) is 4.40. The van der Waals surface area contributed by atoms with Crippen molar-refractivity contribution in [2.24, 2.45) is 0 Å². The highest BCUT2D eigenvalue weighted by Crippen LogP contribution is 2.35. The molecule has 2 aromatic rings. The Hall–Kier alpha value is -2.21. The Morgan fingerprint density at radius 3 is 2.61 bits per heavy atom. The second kappa shape index (κ2) is 6.12. The molecular weight excluding hydrogens is 312 g/mol. The summed E-state index contributed by atoms with van der Waals surface area (Å²) in [6.45, 7) is 2.90. The van der Waals surface area contributed by atoms with Crippen molar-refractivity contribution >= 4 is 21.4 Å². The van der Waals surface area contributed by atoms with Crippen LogP contribution in [0.2, 0.25) is 0 Å². The van der Waals surface area contributed by atoms with E-state index in [9.17, 15) is 8.42 Å². The third-order valence-electron chi connectivity index (χ3n) is 3.97. The lowest BCUT2D eigenvalue weighted by Gasteiger charge is -2.31. The minimum atomic E-state index is -3.60. The van der Waals surface area contributed by atoms with Crippen LogP contribution in [0.3, 0.4) is 0 Å². The van der Waals surface area contributed by atoms with Crippen LogP contribution < -0.4 is 14.8 Å². The zero-order valence-electron chi connectivity index (χ0n) is 13.0. The van der Waals surface area contributed by atoms with Gasteiger partial charge < -0.3 is 10.5 Å². The summed E-state index contributed by atoms with van der Waals surface area (Å²) in [5, 5.41) is 0. The van der Waals surface area contributed by atoms with Crippen LogP contribution in [0.4, 0.5) is 11.4 Å². The molecule has 0 fully saturated rings. The van der Waals surface area contributed by atoms with Crippen LogP contribution in [-0.4, -0.2) is 21.6 Å². The maximum Gasteiger partial charge on any atom is 0.264 e. The summed E-state index contributed by atoms with van der Waals surface area (Å²) in [7, 11) is -3.60. The summed E-state index contributed by atoms with van der Waals surface area (Å²) in [6.07, 6.45) is 1.56. The quantitative estimate of drug-likeness (QED) is 0.874. The van der Waals surface area contributed by atoms with E-state index in [2.05, 4.69) is 0 Å². The van der Waals surface area contributed by atoms with Gasteiger partial charge in [-0.25, -0.2) is 8.42 Å². The molecular formula is C17H20N2O3S. The number of ether oxygens (including phenoxy) is 1. The van der Waals surface area contributed by atoms with Crippen LogP contribution >= 0.6 is 0 Å². The van der Waals surface area contributed by atoms with Crippen molar-refractivity contribution in [3.05, 3.63) is 48.0 Å². The summed E-state index contributed by atoms with van der Waals surface area (Å²) >= 11 is 0. The Bertz CT molecular complexity index is 801. The summed E-state index contributed by atoms with van der Waals surface area (Å²) in [5.41, 5.74) is 8.24. The Labute approximate surface area is 136 Å². The molecule has 1 aliphatic heterocycles. The van der Waals surface area contributed by atoms with Gasteiger partial charge in [-0.15, -0.1) is 0 Å². The average Bonchev–Trinajstić information content (AvgIpc) is 2.55. The van der Waals surface area contributed by atoms with E-state index in [0.29, 0.717) is 30.3 Å². The number of rotatable bonds is 4. The van der Waals surface area contributed by atoms with E-state index in [1.807, 2.05) is 19.1 Å². The predicted molar refractivity (Wildman–Crippen MR) is 91.3 cm³/mol. The molecule has 0 saturated heterocycles. The van der Waals surface area contributed by atoms with E-state index in [4.69, 9.17) is 10.5 Å². The highest BCUT2D eigenvalue weighted by atomic mass is 32.2. The van der Waals surface area contributed by atoms with Crippen LogP contribution in [0.5, 0.6) is 5.75 Å². The summed E-state index contributed by atoms with van der Waals surface area (Å²) in [5.74, 6) is 0.662. The molecule has 0 saturated carbocycles. The number of benzene rings is 2. The van der Waals surface area contributed by atoms with E-state index in [1.54, 1.807) is 30.3 Å². The van der Waals surface area contributed by atoms with E-state index >= 15 is 0 Å². The maximum absolute atomic E-state index is 13.0. The largest absolute Gasteiger partial charge is 0.494 e. The van der Waals surface area contributed by atoms with Gasteiger partial charge in [-0.2, -0.15) is 0 Å². The topological polar surface area (TPSA) is 72.6 Å². The number of hydrogen-bond acceptors (Lipinski definition) is 4. The van der Waals surface area contributed by atoms with Crippen molar-refractivity contribution in [2.45, 2.75) is 24.7 Å². The zero-order valence-corrected chi connectivity index (χ0v) is 13.8. The van der Waals surface area contributed by atoms with Crippen molar-refractivity contribution in [2.75, 3.05) is 23.2 Å². The van der Waals surface area contributed by atoms with Crippen molar-refractivity contribution in [1.82, 2.24) is 0 Å². The molecule has 0 amide bonds. The molecule has 1 heterocycles. The second-order valence-electron chi connectivity index (χ2n) is 5.43. The van der Waals surface area contributed by atoms with Crippen LogP contribution in [0.25, 0.3) is 0 Å². The van der Waals surface area contributed by atoms with Crippen LogP contribution in [-0.2, 0) is 16.4 Å². The summed E-state index contributed by atoms with van der Waals surface area (Å²) < 4.78 is 32.8. The Kier molecular flexibility index (Phi) is 4.17. The van der Waals surface area contributed by atoms with Crippen molar-refractivity contribution < 1.29 is 13.2 Å². The number of hydrogen-bond donors (Lipinski definition) is 1. The molecule has 3 rings (SSSR count). The molecule has 0 spiro atoms. The first kappa shape index (κ1) is 15.7. The molecule has 2 aromatic carbocycles. The summed E-state index contributed by atoms with van der Waals surface area (Å²) in [4.78, 5) is 0.260. The molecule has 122 valence electrons. The van der Waals surface area contributed by atoms with Crippen LogP contribution in [0.15, 0.2) is 47.4 Å². The van der Waals surface area contributed by atoms with Gasteiger partial charge in [-0.3, -0.25) is 4.31 Å². The Morgan fingerprint density at radius 1 is 1.17 bits per heavy atom. The minimum Gasteiger partial charge on any atom is -0.494 e. The minimum absolute atomic E-state index is 0.260. The fourth-order valence-electron chi connectivity index (χ4n) is 2.87. The van der Waals surface area contributed by atoms with Gasteiger partial charge in [0, 0.05) is 12.2 Å². The predicted octanol–water partition coefficient (Wildman–Crippen LogP) is 2.81. The first-order valence-electron chi connectivity index (χ1n) is 7.67. The van der Waals surface area contributed by atoms with Gasteiger partial charge in [-0.05, 0) is 61.7 Å². The van der Waals surface area contributed by atoms with Crippen molar-refractivity contribution in [1.29, 1.82) is 0 Å². The zero-order chi connectivity index (χ0) is 16.4. The smallest absolute Gasteiger partial charge is 0.264 e. The molecule has 0 bridgehead atoms. The Morgan fingerprint density at radius 2 is 1.91 bits per heavy atom.